The molecular weight excluding hydrogens is 294 g/mol. The van der Waals surface area contributed by atoms with E-state index in [0.29, 0.717) is 0 Å². The summed E-state index contributed by atoms with van der Waals surface area (Å²) in [7, 11) is -1.93. The van der Waals surface area contributed by atoms with E-state index in [0.717, 1.165) is 13.0 Å². The van der Waals surface area contributed by atoms with Crippen molar-refractivity contribution >= 4 is 14.4 Å². The zero-order chi connectivity index (χ0) is 16.3. The third kappa shape index (κ3) is 2.17. The molecule has 0 spiro atoms. The number of allylic oxidation sites excluding steroid dienone is 1. The van der Waals surface area contributed by atoms with Crippen LogP contribution in [0.3, 0.4) is 0 Å². The van der Waals surface area contributed by atoms with Crippen molar-refractivity contribution in [1.82, 2.24) is 4.90 Å². The molecule has 3 aliphatic rings. The molecule has 0 unspecified atom stereocenters. The summed E-state index contributed by atoms with van der Waals surface area (Å²) in [5.74, 6) is 0. The molecule has 0 bridgehead atoms. The summed E-state index contributed by atoms with van der Waals surface area (Å²) in [6.45, 7) is 14.0. The van der Waals surface area contributed by atoms with E-state index < -0.39 is 8.32 Å². The molecule has 0 radical (unpaired) electrons. The average molecular weight is 321 g/mol. The van der Waals surface area contributed by atoms with Gasteiger partial charge < -0.3 is 9.16 Å². The number of rotatable bonds is 2. The van der Waals surface area contributed by atoms with Crippen molar-refractivity contribution in [3.8, 4) is 0 Å². The Labute approximate surface area is 134 Å². The number of amides is 1. The van der Waals surface area contributed by atoms with Crippen LogP contribution in [0.25, 0.3) is 0 Å². The molecular formula is C17H27NO3Si. The van der Waals surface area contributed by atoms with Gasteiger partial charge in [0.05, 0.1) is 0 Å². The lowest BCUT2D eigenvalue weighted by molar-refractivity contribution is 0.0637. The van der Waals surface area contributed by atoms with Gasteiger partial charge in [0.2, 0.25) is 0 Å². The van der Waals surface area contributed by atoms with Crippen molar-refractivity contribution in [2.75, 3.05) is 6.54 Å². The summed E-state index contributed by atoms with van der Waals surface area (Å²) in [5.41, 5.74) is 2.46. The van der Waals surface area contributed by atoms with Crippen molar-refractivity contribution in [2.45, 2.75) is 70.5 Å². The fourth-order valence-corrected chi connectivity index (χ4v) is 4.66. The third-order valence-electron chi connectivity index (χ3n) is 5.65. The number of hydrogen-bond donors (Lipinski definition) is 0. The van der Waals surface area contributed by atoms with E-state index in [9.17, 15) is 4.79 Å². The monoisotopic (exact) mass is 321 g/mol. The Balaban J connectivity index is 1.96. The Morgan fingerprint density at radius 2 is 2.09 bits per heavy atom. The van der Waals surface area contributed by atoms with Gasteiger partial charge in [-0.15, -0.1) is 0 Å². The summed E-state index contributed by atoms with van der Waals surface area (Å²) in [6, 6.07) is 0.0576. The average Bonchev–Trinajstić information content (AvgIpc) is 2.89. The number of carbonyl (C=O) groups is 1. The number of ether oxygens (including phenoxy) is 1. The highest BCUT2D eigenvalue weighted by Crippen LogP contribution is 2.47. The minimum atomic E-state index is -1.93. The lowest BCUT2D eigenvalue weighted by Crippen LogP contribution is -2.47. The van der Waals surface area contributed by atoms with E-state index in [2.05, 4.69) is 52.9 Å². The molecule has 3 rings (SSSR count). The molecule has 2 fully saturated rings. The van der Waals surface area contributed by atoms with Crippen LogP contribution in [0.4, 0.5) is 4.79 Å². The van der Waals surface area contributed by atoms with Gasteiger partial charge in [-0.25, -0.2) is 4.79 Å². The molecule has 22 heavy (non-hydrogen) atoms. The third-order valence-corrected chi connectivity index (χ3v) is 10.1. The van der Waals surface area contributed by atoms with Crippen LogP contribution in [-0.4, -0.2) is 44.1 Å². The lowest BCUT2D eigenvalue weighted by atomic mass is 10.0. The van der Waals surface area contributed by atoms with Crippen LogP contribution in [-0.2, 0) is 9.16 Å². The second-order valence-electron chi connectivity index (χ2n) is 7.98. The van der Waals surface area contributed by atoms with Gasteiger partial charge in [-0.3, -0.25) is 4.90 Å². The first-order chi connectivity index (χ1) is 10.2. The second-order valence-corrected chi connectivity index (χ2v) is 12.7. The second kappa shape index (κ2) is 4.96. The molecule has 0 aromatic rings. The van der Waals surface area contributed by atoms with E-state index >= 15 is 0 Å². The highest BCUT2D eigenvalue weighted by molar-refractivity contribution is 6.74. The van der Waals surface area contributed by atoms with Gasteiger partial charge in [0, 0.05) is 6.54 Å². The largest absolute Gasteiger partial charge is 0.440 e. The van der Waals surface area contributed by atoms with Crippen LogP contribution >= 0.6 is 0 Å². The van der Waals surface area contributed by atoms with Crippen molar-refractivity contribution in [3.63, 3.8) is 0 Å². The fraction of sp³-hybridized carbons (Fsp3) is 0.706. The Morgan fingerprint density at radius 3 is 2.68 bits per heavy atom. The van der Waals surface area contributed by atoms with Crippen LogP contribution in [0, 0.1) is 0 Å². The Hall–Kier alpha value is -1.07. The summed E-state index contributed by atoms with van der Waals surface area (Å²) >= 11 is 0. The Kier molecular flexibility index (Phi) is 3.57. The van der Waals surface area contributed by atoms with Crippen LogP contribution in [0.1, 0.15) is 34.1 Å². The van der Waals surface area contributed by atoms with Gasteiger partial charge in [-0.05, 0) is 42.6 Å². The van der Waals surface area contributed by atoms with Crippen LogP contribution in [0.15, 0.2) is 23.3 Å². The van der Waals surface area contributed by atoms with Crippen LogP contribution in [0.5, 0.6) is 0 Å². The zero-order valence-corrected chi connectivity index (χ0v) is 15.5. The molecule has 2 aliphatic heterocycles. The molecule has 3 atom stereocenters. The number of carbonyl (C=O) groups excluding carboxylic acids is 1. The highest BCUT2D eigenvalue weighted by Gasteiger charge is 2.57. The standard InChI is InChI=1S/C17H27NO3Si/c1-7-11-12-9-8-10-18-13(12)15(20-16(18)19)14(11)21-22(5,6)17(2,3)4/h7,9,13-15H,8,10H2,1-6H3/b11-7-/t13-,14-,15-/m0/s1. The van der Waals surface area contributed by atoms with Crippen molar-refractivity contribution < 1.29 is 14.0 Å². The van der Waals surface area contributed by atoms with Crippen molar-refractivity contribution in [1.29, 1.82) is 0 Å². The van der Waals surface area contributed by atoms with Crippen molar-refractivity contribution in [3.05, 3.63) is 23.3 Å². The maximum atomic E-state index is 12.1. The molecule has 4 nitrogen and oxygen atoms in total. The lowest BCUT2D eigenvalue weighted by Gasteiger charge is -2.39. The Bertz CT molecular complexity index is 559. The minimum Gasteiger partial charge on any atom is -0.440 e. The van der Waals surface area contributed by atoms with Gasteiger partial charge >= 0.3 is 6.09 Å². The zero-order valence-electron chi connectivity index (χ0n) is 14.5. The summed E-state index contributed by atoms with van der Waals surface area (Å²) in [5, 5.41) is 0.135. The topological polar surface area (TPSA) is 38.8 Å². The molecule has 0 aromatic carbocycles. The quantitative estimate of drug-likeness (QED) is 0.725. The normalized spacial score (nSPS) is 33.1. The smallest absolute Gasteiger partial charge is 0.410 e. The van der Waals surface area contributed by atoms with Gasteiger partial charge in [-0.1, -0.05) is 32.9 Å². The molecule has 0 aromatic heterocycles. The molecule has 1 saturated carbocycles. The summed E-state index contributed by atoms with van der Waals surface area (Å²) in [4.78, 5) is 14.0. The van der Waals surface area contributed by atoms with E-state index in [1.807, 2.05) is 4.90 Å². The Morgan fingerprint density at radius 1 is 1.41 bits per heavy atom. The van der Waals surface area contributed by atoms with E-state index in [1.165, 1.54) is 11.1 Å². The molecule has 0 N–H and O–H groups in total. The molecule has 1 amide bonds. The van der Waals surface area contributed by atoms with Gasteiger partial charge in [0.25, 0.3) is 0 Å². The van der Waals surface area contributed by atoms with Gasteiger partial charge in [-0.2, -0.15) is 0 Å². The van der Waals surface area contributed by atoms with E-state index in [4.69, 9.17) is 9.16 Å². The van der Waals surface area contributed by atoms with Crippen molar-refractivity contribution in [2.24, 2.45) is 0 Å². The SMILES string of the molecule is C/C=C1/C2=CCCN3C(=O)O[C@H]([C@H]1O[Si](C)(C)C(C)(C)C)[C@H]23. The molecule has 1 saturated heterocycles. The maximum absolute atomic E-state index is 12.1. The summed E-state index contributed by atoms with van der Waals surface area (Å²) < 4.78 is 12.4. The first kappa shape index (κ1) is 15.8. The molecule has 5 heteroatoms. The predicted molar refractivity (Wildman–Crippen MR) is 89.3 cm³/mol. The first-order valence-electron chi connectivity index (χ1n) is 8.19. The summed E-state index contributed by atoms with van der Waals surface area (Å²) in [6.07, 6.45) is 4.82. The molecule has 1 aliphatic carbocycles. The van der Waals surface area contributed by atoms with Gasteiger partial charge in [0.15, 0.2) is 14.4 Å². The highest BCUT2D eigenvalue weighted by atomic mass is 28.4. The fourth-order valence-electron chi connectivity index (χ4n) is 3.41. The van der Waals surface area contributed by atoms with Crippen LogP contribution in [0.2, 0.25) is 18.1 Å². The first-order valence-corrected chi connectivity index (χ1v) is 11.1. The maximum Gasteiger partial charge on any atom is 0.410 e. The molecule has 2 heterocycles. The van der Waals surface area contributed by atoms with E-state index in [1.54, 1.807) is 0 Å². The van der Waals surface area contributed by atoms with E-state index in [-0.39, 0.29) is 29.4 Å². The predicted octanol–water partition coefficient (Wildman–Crippen LogP) is 3.86. The van der Waals surface area contributed by atoms with Crippen LogP contribution < -0.4 is 0 Å². The number of hydrogen-bond acceptors (Lipinski definition) is 3. The minimum absolute atomic E-state index is 0.0576. The number of nitrogens with zero attached hydrogens (tertiary/aromatic N) is 1. The molecule has 122 valence electrons. The van der Waals surface area contributed by atoms with Gasteiger partial charge in [0.1, 0.15) is 12.1 Å².